The standard InChI is InChI=1S/C30H29ClFN3O.C4H4O4/c31-25-12-7-22(8-13-25)27-16-11-23-4-1-2-5-28(23)33-30(27)35-20-18-34(19-21-35)17-3-6-29(36)24-9-14-26(32)15-10-24;5-3(6)1-2-4(7)8/h1-2,4-5,7-10,12-16H,3,6,11,17-21H2;1-2H,(H,5,6)(H,7,8)/b;2-1+. The van der Waals surface area contributed by atoms with Crippen LogP contribution in [0.5, 0.6) is 0 Å². The number of carbonyl (C=O) groups excluding carboxylic acids is 1. The Kier molecular flexibility index (Phi) is 11.6. The van der Waals surface area contributed by atoms with Gasteiger partial charge in [-0.1, -0.05) is 48.0 Å². The van der Waals surface area contributed by atoms with E-state index in [2.05, 4.69) is 46.2 Å². The molecular weight excluding hydrogens is 585 g/mol. The van der Waals surface area contributed by atoms with E-state index in [1.165, 1.54) is 17.7 Å². The summed E-state index contributed by atoms with van der Waals surface area (Å²) < 4.78 is 13.1. The number of benzene rings is 3. The Morgan fingerprint density at radius 1 is 0.864 bits per heavy atom. The summed E-state index contributed by atoms with van der Waals surface area (Å²) in [5.74, 6) is -1.76. The van der Waals surface area contributed by atoms with Crippen LogP contribution in [0.3, 0.4) is 0 Å². The molecule has 44 heavy (non-hydrogen) atoms. The van der Waals surface area contributed by atoms with Gasteiger partial charge < -0.3 is 15.1 Å². The van der Waals surface area contributed by atoms with Gasteiger partial charge in [-0.25, -0.2) is 19.0 Å². The Morgan fingerprint density at radius 3 is 2.14 bits per heavy atom. The third-order valence-corrected chi connectivity index (χ3v) is 7.48. The van der Waals surface area contributed by atoms with Crippen molar-refractivity contribution in [2.24, 2.45) is 4.99 Å². The number of nitrogens with zero attached hydrogens (tertiary/aromatic N) is 3. The van der Waals surface area contributed by atoms with Gasteiger partial charge in [0.15, 0.2) is 5.78 Å². The third-order valence-electron chi connectivity index (χ3n) is 7.22. The van der Waals surface area contributed by atoms with Crippen molar-refractivity contribution in [3.63, 3.8) is 0 Å². The van der Waals surface area contributed by atoms with Crippen molar-refractivity contribution in [3.05, 3.63) is 119 Å². The van der Waals surface area contributed by atoms with E-state index in [1.807, 2.05) is 18.2 Å². The summed E-state index contributed by atoms with van der Waals surface area (Å²) in [6.45, 7) is 4.45. The topological polar surface area (TPSA) is 111 Å². The molecule has 2 heterocycles. The van der Waals surface area contributed by atoms with Gasteiger partial charge in [0.2, 0.25) is 0 Å². The maximum atomic E-state index is 13.1. The predicted octanol–water partition coefficient (Wildman–Crippen LogP) is 6.14. The van der Waals surface area contributed by atoms with Gasteiger partial charge in [-0.3, -0.25) is 9.69 Å². The molecule has 2 aliphatic rings. The van der Waals surface area contributed by atoms with Crippen LogP contribution in [0.1, 0.15) is 34.3 Å². The third kappa shape index (κ3) is 9.45. The molecule has 0 unspecified atom stereocenters. The summed E-state index contributed by atoms with van der Waals surface area (Å²) in [6.07, 6.45) is 5.49. The lowest BCUT2D eigenvalue weighted by Crippen LogP contribution is -2.49. The molecule has 2 N–H and O–H groups in total. The summed E-state index contributed by atoms with van der Waals surface area (Å²) in [5.41, 5.74) is 5.08. The second-order valence-electron chi connectivity index (χ2n) is 10.3. The number of aliphatic imine (C=N–C) groups is 1. The van der Waals surface area contributed by atoms with E-state index < -0.39 is 11.9 Å². The molecule has 1 fully saturated rings. The molecule has 0 amide bonds. The van der Waals surface area contributed by atoms with E-state index in [4.69, 9.17) is 26.8 Å². The average Bonchev–Trinajstić information content (AvgIpc) is 3.21. The Morgan fingerprint density at radius 2 is 1.50 bits per heavy atom. The largest absolute Gasteiger partial charge is 0.478 e. The Hall–Kier alpha value is -4.60. The summed E-state index contributed by atoms with van der Waals surface area (Å²) in [6, 6.07) is 22.1. The number of hydrogen-bond acceptors (Lipinski definition) is 6. The Bertz CT molecular complexity index is 1540. The molecule has 3 aromatic carbocycles. The lowest BCUT2D eigenvalue weighted by Gasteiger charge is -2.37. The molecule has 3 aromatic rings. The number of carboxylic acid groups (broad SMARTS) is 2. The zero-order valence-corrected chi connectivity index (χ0v) is 24.8. The molecule has 0 bridgehead atoms. The molecule has 228 valence electrons. The van der Waals surface area contributed by atoms with Gasteiger partial charge in [0.1, 0.15) is 11.7 Å². The maximum absolute atomic E-state index is 13.1. The number of carboxylic acids is 2. The molecule has 0 spiro atoms. The number of fused-ring (bicyclic) bond motifs is 1. The van der Waals surface area contributed by atoms with Crippen LogP contribution in [-0.2, 0) is 16.0 Å². The maximum Gasteiger partial charge on any atom is 0.328 e. The molecule has 5 rings (SSSR count). The minimum Gasteiger partial charge on any atom is -0.478 e. The summed E-state index contributed by atoms with van der Waals surface area (Å²) in [4.78, 5) is 41.4. The van der Waals surface area contributed by atoms with Crippen LogP contribution < -0.4 is 0 Å². The highest BCUT2D eigenvalue weighted by Gasteiger charge is 2.25. The number of halogens is 2. The van der Waals surface area contributed by atoms with E-state index in [9.17, 15) is 18.8 Å². The van der Waals surface area contributed by atoms with Crippen LogP contribution in [0, 0.1) is 5.82 Å². The molecule has 2 aliphatic heterocycles. The lowest BCUT2D eigenvalue weighted by atomic mass is 10.0. The predicted molar refractivity (Wildman–Crippen MR) is 169 cm³/mol. The molecule has 1 saturated heterocycles. The lowest BCUT2D eigenvalue weighted by molar-refractivity contribution is -0.134. The fraction of sp³-hybridized carbons (Fsp3) is 0.235. The number of Topliss-reactive ketones (excluding diaryl/α,β-unsaturated/α-hetero) is 1. The highest BCUT2D eigenvalue weighted by molar-refractivity contribution is 6.31. The van der Waals surface area contributed by atoms with Crippen molar-refractivity contribution in [1.82, 2.24) is 9.80 Å². The van der Waals surface area contributed by atoms with E-state index in [0.717, 1.165) is 73.2 Å². The summed E-state index contributed by atoms with van der Waals surface area (Å²) in [5, 5.41) is 16.3. The summed E-state index contributed by atoms with van der Waals surface area (Å²) >= 11 is 6.16. The number of rotatable bonds is 8. The number of amidine groups is 1. The molecule has 0 aliphatic carbocycles. The van der Waals surface area contributed by atoms with Gasteiger partial charge in [0.05, 0.1) is 5.69 Å². The number of carbonyl (C=O) groups is 3. The van der Waals surface area contributed by atoms with Gasteiger partial charge in [-0.05, 0) is 73.0 Å². The average molecular weight is 618 g/mol. The smallest absolute Gasteiger partial charge is 0.328 e. The van der Waals surface area contributed by atoms with Crippen LogP contribution in [0.25, 0.3) is 5.57 Å². The van der Waals surface area contributed by atoms with Crippen molar-refractivity contribution < 1.29 is 29.0 Å². The second-order valence-corrected chi connectivity index (χ2v) is 10.7. The summed E-state index contributed by atoms with van der Waals surface area (Å²) in [7, 11) is 0. The minimum atomic E-state index is -1.26. The second kappa shape index (κ2) is 15.7. The molecule has 0 aromatic heterocycles. The monoisotopic (exact) mass is 617 g/mol. The quantitative estimate of drug-likeness (QED) is 0.231. The van der Waals surface area contributed by atoms with Crippen molar-refractivity contribution >= 4 is 46.4 Å². The van der Waals surface area contributed by atoms with Gasteiger partial charge in [-0.2, -0.15) is 0 Å². The van der Waals surface area contributed by atoms with E-state index in [1.54, 1.807) is 12.1 Å². The first-order valence-electron chi connectivity index (χ1n) is 14.2. The van der Waals surface area contributed by atoms with Crippen molar-refractivity contribution in [2.45, 2.75) is 19.3 Å². The fourth-order valence-corrected chi connectivity index (χ4v) is 5.08. The number of ketones is 1. The van der Waals surface area contributed by atoms with E-state index >= 15 is 0 Å². The van der Waals surface area contributed by atoms with Gasteiger partial charge in [0.25, 0.3) is 0 Å². The normalized spacial score (nSPS) is 14.9. The number of allylic oxidation sites excluding steroid dienone is 1. The first kappa shape index (κ1) is 32.3. The van der Waals surface area contributed by atoms with E-state index in [-0.39, 0.29) is 11.6 Å². The highest BCUT2D eigenvalue weighted by atomic mass is 35.5. The first-order chi connectivity index (χ1) is 21.2. The van der Waals surface area contributed by atoms with Crippen molar-refractivity contribution in [2.75, 3.05) is 32.7 Å². The minimum absolute atomic E-state index is 0.0675. The Labute approximate surface area is 260 Å². The van der Waals surface area contributed by atoms with Gasteiger partial charge in [-0.15, -0.1) is 0 Å². The highest BCUT2D eigenvalue weighted by Crippen LogP contribution is 2.30. The first-order valence-corrected chi connectivity index (χ1v) is 14.6. The molecule has 0 radical (unpaired) electrons. The number of aliphatic carboxylic acids is 2. The Balaban J connectivity index is 0.000000488. The van der Waals surface area contributed by atoms with Crippen LogP contribution in [0.15, 0.2) is 96.0 Å². The number of piperazine rings is 1. The van der Waals surface area contributed by atoms with E-state index in [0.29, 0.717) is 24.1 Å². The molecule has 10 heteroatoms. The zero-order valence-electron chi connectivity index (χ0n) is 24.0. The fourth-order valence-electron chi connectivity index (χ4n) is 4.96. The van der Waals surface area contributed by atoms with Crippen molar-refractivity contribution in [3.8, 4) is 0 Å². The van der Waals surface area contributed by atoms with Crippen molar-refractivity contribution in [1.29, 1.82) is 0 Å². The SMILES string of the molecule is O=C(CCCN1CCN(C2=Nc3ccccc3CC=C2c2ccc(Cl)cc2)CC1)c1ccc(F)cc1.O=C(O)/C=C/C(=O)O. The van der Waals surface area contributed by atoms with Gasteiger partial charge in [0, 0.05) is 60.9 Å². The van der Waals surface area contributed by atoms with Crippen LogP contribution in [-0.4, -0.2) is 76.3 Å². The molecule has 0 atom stereocenters. The molecule has 8 nitrogen and oxygen atoms in total. The number of para-hydroxylation sites is 1. The van der Waals surface area contributed by atoms with Crippen LogP contribution in [0.4, 0.5) is 10.1 Å². The molecule has 0 saturated carbocycles. The molecular formula is C34H33ClFN3O5. The van der Waals surface area contributed by atoms with Crippen LogP contribution >= 0.6 is 11.6 Å². The van der Waals surface area contributed by atoms with Crippen LogP contribution in [0.2, 0.25) is 5.02 Å². The van der Waals surface area contributed by atoms with Gasteiger partial charge >= 0.3 is 11.9 Å². The number of hydrogen-bond donors (Lipinski definition) is 2. The zero-order chi connectivity index (χ0) is 31.5.